The van der Waals surface area contributed by atoms with E-state index in [0.717, 1.165) is 6.42 Å². The first-order chi connectivity index (χ1) is 10.8. The van der Waals surface area contributed by atoms with Crippen molar-refractivity contribution in [2.45, 2.75) is 26.6 Å². The lowest BCUT2D eigenvalue weighted by Gasteiger charge is -2.10. The summed E-state index contributed by atoms with van der Waals surface area (Å²) < 4.78 is 45.3. The number of hydrogen-bond acceptors (Lipinski definition) is 3. The van der Waals surface area contributed by atoms with Crippen molar-refractivity contribution in [2.75, 3.05) is 25.1 Å². The van der Waals surface area contributed by atoms with Crippen LogP contribution in [0.15, 0.2) is 29.3 Å². The first-order valence-corrected chi connectivity index (χ1v) is 7.27. The monoisotopic (exact) mass is 461 g/mol. The van der Waals surface area contributed by atoms with E-state index in [1.54, 1.807) is 0 Å². The molecule has 1 aromatic rings. The number of ether oxygens (including phenoxy) is 2. The highest BCUT2D eigenvalue weighted by Crippen LogP contribution is 2.23. The van der Waals surface area contributed by atoms with Crippen molar-refractivity contribution in [2.24, 2.45) is 16.6 Å². The van der Waals surface area contributed by atoms with Crippen LogP contribution in [0.2, 0.25) is 0 Å². The molecule has 0 fully saturated rings. The average Bonchev–Trinajstić information content (AvgIpc) is 2.43. The van der Waals surface area contributed by atoms with Gasteiger partial charge in [-0.3, -0.25) is 4.99 Å². The fourth-order valence-corrected chi connectivity index (χ4v) is 1.61. The highest BCUT2D eigenvalue weighted by atomic mass is 127. The lowest BCUT2D eigenvalue weighted by Crippen LogP contribution is -2.23. The summed E-state index contributed by atoms with van der Waals surface area (Å²) in [6.45, 7) is 5.98. The Balaban J connectivity index is 0.00000529. The Labute approximate surface area is 156 Å². The molecule has 0 aromatic heterocycles. The van der Waals surface area contributed by atoms with Crippen LogP contribution >= 0.6 is 24.0 Å². The summed E-state index contributed by atoms with van der Waals surface area (Å²) in [4.78, 5) is 4.11. The Kier molecular flexibility index (Phi) is 10.8. The maximum Gasteiger partial charge on any atom is 0.573 e. The van der Waals surface area contributed by atoms with E-state index in [0.29, 0.717) is 31.4 Å². The largest absolute Gasteiger partial charge is 0.573 e. The Morgan fingerprint density at radius 1 is 1.25 bits per heavy atom. The molecule has 0 aliphatic heterocycles. The molecule has 0 spiro atoms. The van der Waals surface area contributed by atoms with Gasteiger partial charge in [-0.25, -0.2) is 0 Å². The standard InChI is InChI=1S/C15H22F3N3O2.HI/c1-11(2)10-22-9-3-8-20-14(19)21-12-4-6-13(7-5-12)23-15(16,17)18;/h4-7,11H,3,8-10H2,1-2H3,(H3,19,20,21);1H. The topological polar surface area (TPSA) is 68.9 Å². The summed E-state index contributed by atoms with van der Waals surface area (Å²) in [6.07, 6.45) is -3.96. The number of nitrogens with two attached hydrogens (primary N) is 1. The Bertz CT molecular complexity index is 494. The van der Waals surface area contributed by atoms with Gasteiger partial charge in [-0.1, -0.05) is 13.8 Å². The molecule has 24 heavy (non-hydrogen) atoms. The number of nitrogens with one attached hydrogen (secondary N) is 1. The van der Waals surface area contributed by atoms with Crippen molar-refractivity contribution in [3.63, 3.8) is 0 Å². The van der Waals surface area contributed by atoms with E-state index >= 15 is 0 Å². The number of aliphatic imine (C=N–C) groups is 1. The lowest BCUT2D eigenvalue weighted by atomic mass is 10.2. The normalized spacial score (nSPS) is 12.0. The van der Waals surface area contributed by atoms with Gasteiger partial charge in [0, 0.05) is 25.4 Å². The molecule has 0 amide bonds. The second kappa shape index (κ2) is 11.3. The van der Waals surface area contributed by atoms with Crippen molar-refractivity contribution in [3.8, 4) is 5.75 Å². The van der Waals surface area contributed by atoms with E-state index in [9.17, 15) is 13.2 Å². The fourth-order valence-electron chi connectivity index (χ4n) is 1.61. The predicted octanol–water partition coefficient (Wildman–Crippen LogP) is 3.99. The number of rotatable bonds is 8. The molecule has 0 atom stereocenters. The molecule has 1 rings (SSSR count). The average molecular weight is 461 g/mol. The van der Waals surface area contributed by atoms with Crippen LogP contribution in [0.1, 0.15) is 20.3 Å². The molecule has 3 N–H and O–H groups in total. The molecular weight excluding hydrogens is 438 g/mol. The van der Waals surface area contributed by atoms with Crippen LogP contribution in [0, 0.1) is 5.92 Å². The van der Waals surface area contributed by atoms with E-state index in [4.69, 9.17) is 10.5 Å². The molecule has 5 nitrogen and oxygen atoms in total. The summed E-state index contributed by atoms with van der Waals surface area (Å²) in [6, 6.07) is 5.25. The van der Waals surface area contributed by atoms with Gasteiger partial charge in [0.1, 0.15) is 5.75 Å². The molecule has 0 radical (unpaired) electrons. The summed E-state index contributed by atoms with van der Waals surface area (Å²) in [5.74, 6) is 0.397. The van der Waals surface area contributed by atoms with Gasteiger partial charge in [-0.05, 0) is 36.6 Å². The zero-order chi connectivity index (χ0) is 17.3. The van der Waals surface area contributed by atoms with Crippen LogP contribution in [-0.4, -0.2) is 32.1 Å². The number of hydrogen-bond donors (Lipinski definition) is 2. The zero-order valence-electron chi connectivity index (χ0n) is 13.6. The second-order valence-electron chi connectivity index (χ2n) is 5.29. The van der Waals surface area contributed by atoms with E-state index in [2.05, 4.69) is 28.9 Å². The van der Waals surface area contributed by atoms with Crippen molar-refractivity contribution in [3.05, 3.63) is 24.3 Å². The molecule has 1 aromatic carbocycles. The molecule has 0 heterocycles. The van der Waals surface area contributed by atoms with Crippen molar-refractivity contribution in [1.29, 1.82) is 0 Å². The minimum atomic E-state index is -4.70. The van der Waals surface area contributed by atoms with E-state index in [1.807, 2.05) is 0 Å². The molecule has 138 valence electrons. The predicted molar refractivity (Wildman–Crippen MR) is 98.9 cm³/mol. The van der Waals surface area contributed by atoms with Crippen LogP contribution in [0.4, 0.5) is 18.9 Å². The number of benzene rings is 1. The fraction of sp³-hybridized carbons (Fsp3) is 0.533. The van der Waals surface area contributed by atoms with Gasteiger partial charge in [0.05, 0.1) is 0 Å². The van der Waals surface area contributed by atoms with Gasteiger partial charge in [-0.2, -0.15) is 0 Å². The maximum absolute atomic E-state index is 12.0. The molecule has 0 aliphatic carbocycles. The summed E-state index contributed by atoms with van der Waals surface area (Å²) in [5, 5.41) is 2.79. The summed E-state index contributed by atoms with van der Waals surface area (Å²) >= 11 is 0. The molecular formula is C15H23F3IN3O2. The first kappa shape index (κ1) is 22.8. The molecule has 0 saturated carbocycles. The van der Waals surface area contributed by atoms with Crippen molar-refractivity contribution < 1.29 is 22.6 Å². The highest BCUT2D eigenvalue weighted by molar-refractivity contribution is 14.0. The lowest BCUT2D eigenvalue weighted by molar-refractivity contribution is -0.274. The molecule has 0 aliphatic rings. The van der Waals surface area contributed by atoms with Crippen molar-refractivity contribution in [1.82, 2.24) is 0 Å². The zero-order valence-corrected chi connectivity index (χ0v) is 15.9. The number of nitrogens with zero attached hydrogens (tertiary/aromatic N) is 1. The van der Waals surface area contributed by atoms with Crippen LogP contribution in [0.5, 0.6) is 5.75 Å². The van der Waals surface area contributed by atoms with Gasteiger partial charge in [-0.15, -0.1) is 37.1 Å². The van der Waals surface area contributed by atoms with Gasteiger partial charge < -0.3 is 20.5 Å². The molecule has 0 bridgehead atoms. The Morgan fingerprint density at radius 2 is 1.88 bits per heavy atom. The van der Waals surface area contributed by atoms with Crippen LogP contribution in [0.3, 0.4) is 0 Å². The smallest absolute Gasteiger partial charge is 0.406 e. The second-order valence-corrected chi connectivity index (χ2v) is 5.29. The number of anilines is 1. The molecule has 0 saturated heterocycles. The first-order valence-electron chi connectivity index (χ1n) is 7.27. The van der Waals surface area contributed by atoms with Crippen LogP contribution < -0.4 is 15.8 Å². The third-order valence-corrected chi connectivity index (χ3v) is 2.54. The summed E-state index contributed by atoms with van der Waals surface area (Å²) in [7, 11) is 0. The van der Waals surface area contributed by atoms with E-state index in [-0.39, 0.29) is 35.7 Å². The molecule has 0 unspecified atom stereocenters. The highest BCUT2D eigenvalue weighted by Gasteiger charge is 2.30. The third-order valence-electron chi connectivity index (χ3n) is 2.54. The van der Waals surface area contributed by atoms with Gasteiger partial charge in [0.2, 0.25) is 0 Å². The minimum absolute atomic E-state index is 0. The van der Waals surface area contributed by atoms with Gasteiger partial charge >= 0.3 is 6.36 Å². The Hall–Kier alpha value is -1.23. The van der Waals surface area contributed by atoms with E-state index in [1.165, 1.54) is 24.3 Å². The number of guanidine groups is 1. The quantitative estimate of drug-likeness (QED) is 0.266. The summed E-state index contributed by atoms with van der Waals surface area (Å²) in [5.41, 5.74) is 6.22. The number of alkyl halides is 3. The maximum atomic E-state index is 12.0. The SMILES string of the molecule is CC(C)COCCCN=C(N)Nc1ccc(OC(F)(F)F)cc1.I. The van der Waals surface area contributed by atoms with E-state index < -0.39 is 6.36 Å². The third kappa shape index (κ3) is 11.3. The number of halogens is 4. The van der Waals surface area contributed by atoms with Crippen LogP contribution in [-0.2, 0) is 4.74 Å². The Morgan fingerprint density at radius 3 is 2.42 bits per heavy atom. The van der Waals surface area contributed by atoms with Gasteiger partial charge in [0.15, 0.2) is 5.96 Å². The van der Waals surface area contributed by atoms with Gasteiger partial charge in [0.25, 0.3) is 0 Å². The minimum Gasteiger partial charge on any atom is -0.406 e. The van der Waals surface area contributed by atoms with Crippen LogP contribution in [0.25, 0.3) is 0 Å². The van der Waals surface area contributed by atoms with Crippen molar-refractivity contribution >= 4 is 35.6 Å². The molecule has 9 heteroatoms.